The van der Waals surface area contributed by atoms with Crippen molar-refractivity contribution in [3.63, 3.8) is 0 Å². The summed E-state index contributed by atoms with van der Waals surface area (Å²) in [5.41, 5.74) is 1.96. The summed E-state index contributed by atoms with van der Waals surface area (Å²) < 4.78 is 16.3. The Bertz CT molecular complexity index is 626. The van der Waals surface area contributed by atoms with Crippen LogP contribution in [-0.2, 0) is 4.74 Å². The summed E-state index contributed by atoms with van der Waals surface area (Å²) in [5.74, 6) is 1.98. The molecule has 1 aromatic heterocycles. The first-order valence-corrected chi connectivity index (χ1v) is 6.96. The average Bonchev–Trinajstić information content (AvgIpc) is 3.15. The fraction of sp³-hybridized carbons (Fsp3) is 0.467. The van der Waals surface area contributed by atoms with E-state index in [2.05, 4.69) is 15.5 Å². The van der Waals surface area contributed by atoms with Crippen molar-refractivity contribution in [2.24, 2.45) is 0 Å². The fourth-order valence-electron chi connectivity index (χ4n) is 2.56. The van der Waals surface area contributed by atoms with E-state index in [1.165, 1.54) is 0 Å². The molecule has 0 saturated carbocycles. The van der Waals surface area contributed by atoms with Crippen LogP contribution in [0.5, 0.6) is 5.75 Å². The first-order valence-electron chi connectivity index (χ1n) is 6.96. The number of benzene rings is 1. The van der Waals surface area contributed by atoms with Gasteiger partial charge in [-0.1, -0.05) is 11.2 Å². The highest BCUT2D eigenvalue weighted by Crippen LogP contribution is 2.31. The maximum absolute atomic E-state index is 5.48. The van der Waals surface area contributed by atoms with Crippen molar-refractivity contribution in [1.82, 2.24) is 15.5 Å². The van der Waals surface area contributed by atoms with E-state index in [0.29, 0.717) is 24.9 Å². The van der Waals surface area contributed by atoms with E-state index in [-0.39, 0.29) is 12.0 Å². The smallest absolute Gasteiger partial charge is 0.234 e. The summed E-state index contributed by atoms with van der Waals surface area (Å²) in [6.07, 6.45) is 0. The molecule has 3 rings (SSSR count). The Labute approximate surface area is 123 Å². The summed E-state index contributed by atoms with van der Waals surface area (Å²) in [5, 5.41) is 7.30. The molecule has 6 nitrogen and oxygen atoms in total. The molecule has 2 atom stereocenters. The number of nitrogens with one attached hydrogen (secondary N) is 1. The molecule has 2 unspecified atom stereocenters. The van der Waals surface area contributed by atoms with Crippen LogP contribution in [0, 0.1) is 6.92 Å². The fourth-order valence-corrected chi connectivity index (χ4v) is 2.56. The molecule has 1 aliphatic heterocycles. The monoisotopic (exact) mass is 289 g/mol. The number of aromatic nitrogens is 2. The van der Waals surface area contributed by atoms with Gasteiger partial charge in [-0.2, -0.15) is 4.98 Å². The third-order valence-electron chi connectivity index (χ3n) is 3.81. The van der Waals surface area contributed by atoms with E-state index in [0.717, 1.165) is 16.9 Å². The standard InChI is InChI=1S/C15H19N3O3/c1-9-4-5-10(13(6-9)19-3)14-17-15(21-18-14)11-7-20-8-12(11)16-2/h4-6,11-12,16H,7-8H2,1-3H3. The van der Waals surface area contributed by atoms with Gasteiger partial charge in [-0.25, -0.2) is 0 Å². The summed E-state index contributed by atoms with van der Waals surface area (Å²) >= 11 is 0. The van der Waals surface area contributed by atoms with Crippen molar-refractivity contribution in [1.29, 1.82) is 0 Å². The number of hydrogen-bond donors (Lipinski definition) is 1. The van der Waals surface area contributed by atoms with E-state index in [1.54, 1.807) is 7.11 Å². The second-order valence-electron chi connectivity index (χ2n) is 5.20. The molecule has 1 fully saturated rings. The molecular weight excluding hydrogens is 270 g/mol. The topological polar surface area (TPSA) is 69.4 Å². The molecule has 21 heavy (non-hydrogen) atoms. The van der Waals surface area contributed by atoms with E-state index in [9.17, 15) is 0 Å². The van der Waals surface area contributed by atoms with Crippen LogP contribution >= 0.6 is 0 Å². The largest absolute Gasteiger partial charge is 0.496 e. The zero-order valence-corrected chi connectivity index (χ0v) is 12.4. The van der Waals surface area contributed by atoms with Gasteiger partial charge in [0.2, 0.25) is 11.7 Å². The Morgan fingerprint density at radius 2 is 2.19 bits per heavy atom. The highest BCUT2D eigenvalue weighted by molar-refractivity contribution is 5.64. The Morgan fingerprint density at radius 3 is 2.95 bits per heavy atom. The third-order valence-corrected chi connectivity index (χ3v) is 3.81. The number of rotatable bonds is 4. The van der Waals surface area contributed by atoms with Crippen molar-refractivity contribution < 1.29 is 14.0 Å². The SMILES string of the molecule is CNC1COCC1c1nc(-c2ccc(C)cc2OC)no1. The lowest BCUT2D eigenvalue weighted by atomic mass is 10.0. The van der Waals surface area contributed by atoms with Gasteiger partial charge in [0.05, 0.1) is 31.8 Å². The average molecular weight is 289 g/mol. The normalized spacial score (nSPS) is 21.7. The Balaban J connectivity index is 1.91. The molecule has 112 valence electrons. The highest BCUT2D eigenvalue weighted by Gasteiger charge is 2.33. The van der Waals surface area contributed by atoms with Crippen LogP contribution in [0.15, 0.2) is 22.7 Å². The van der Waals surface area contributed by atoms with Crippen LogP contribution in [0.25, 0.3) is 11.4 Å². The molecular formula is C15H19N3O3. The van der Waals surface area contributed by atoms with Gasteiger partial charge in [-0.3, -0.25) is 0 Å². The summed E-state index contributed by atoms with van der Waals surface area (Å²) in [7, 11) is 3.55. The number of aryl methyl sites for hydroxylation is 1. The van der Waals surface area contributed by atoms with Crippen LogP contribution in [0.2, 0.25) is 0 Å². The predicted molar refractivity (Wildman–Crippen MR) is 77.4 cm³/mol. The number of methoxy groups -OCH3 is 1. The zero-order valence-electron chi connectivity index (χ0n) is 12.4. The number of nitrogens with zero attached hydrogens (tertiary/aromatic N) is 2. The van der Waals surface area contributed by atoms with Gasteiger partial charge in [0, 0.05) is 6.04 Å². The molecule has 1 saturated heterocycles. The first kappa shape index (κ1) is 14.0. The molecule has 0 bridgehead atoms. The number of likely N-dealkylation sites (N-methyl/N-ethyl adjacent to an activating group) is 1. The summed E-state index contributed by atoms with van der Waals surface area (Å²) in [6.45, 7) is 3.27. The number of ether oxygens (including phenoxy) is 2. The highest BCUT2D eigenvalue weighted by atomic mass is 16.5. The Kier molecular flexibility index (Phi) is 3.90. The van der Waals surface area contributed by atoms with Crippen molar-refractivity contribution >= 4 is 0 Å². The van der Waals surface area contributed by atoms with Gasteiger partial charge in [0.25, 0.3) is 0 Å². The van der Waals surface area contributed by atoms with E-state index < -0.39 is 0 Å². The maximum Gasteiger partial charge on any atom is 0.234 e. The van der Waals surface area contributed by atoms with Crippen molar-refractivity contribution in [2.75, 3.05) is 27.4 Å². The molecule has 2 aromatic rings. The maximum atomic E-state index is 5.48. The quantitative estimate of drug-likeness (QED) is 0.925. The molecule has 2 heterocycles. The van der Waals surface area contributed by atoms with Crippen molar-refractivity contribution in [3.05, 3.63) is 29.7 Å². The minimum atomic E-state index is 0.0905. The van der Waals surface area contributed by atoms with E-state index >= 15 is 0 Å². The van der Waals surface area contributed by atoms with Gasteiger partial charge in [-0.05, 0) is 31.7 Å². The lowest BCUT2D eigenvalue weighted by Crippen LogP contribution is -2.31. The van der Waals surface area contributed by atoms with E-state index in [4.69, 9.17) is 14.0 Å². The number of hydrogen-bond acceptors (Lipinski definition) is 6. The second kappa shape index (κ2) is 5.83. The molecule has 1 aliphatic rings. The molecule has 0 aliphatic carbocycles. The summed E-state index contributed by atoms with van der Waals surface area (Å²) in [4.78, 5) is 4.52. The van der Waals surface area contributed by atoms with Gasteiger partial charge in [0.15, 0.2) is 0 Å². The van der Waals surface area contributed by atoms with E-state index in [1.807, 2.05) is 32.2 Å². The summed E-state index contributed by atoms with van der Waals surface area (Å²) in [6, 6.07) is 6.12. The van der Waals surface area contributed by atoms with Crippen LogP contribution in [0.4, 0.5) is 0 Å². The molecule has 0 radical (unpaired) electrons. The minimum absolute atomic E-state index is 0.0905. The molecule has 1 aromatic carbocycles. The van der Waals surface area contributed by atoms with Gasteiger partial charge in [0.1, 0.15) is 5.75 Å². The first-order chi connectivity index (χ1) is 10.2. The van der Waals surface area contributed by atoms with Crippen molar-refractivity contribution in [3.8, 4) is 17.1 Å². The molecule has 1 N–H and O–H groups in total. The predicted octanol–water partition coefficient (Wildman–Crippen LogP) is 1.76. The van der Waals surface area contributed by atoms with Gasteiger partial charge in [-0.15, -0.1) is 0 Å². The van der Waals surface area contributed by atoms with Crippen molar-refractivity contribution in [2.45, 2.75) is 18.9 Å². The molecule has 0 amide bonds. The van der Waals surface area contributed by atoms with Gasteiger partial charge >= 0.3 is 0 Å². The lowest BCUT2D eigenvalue weighted by Gasteiger charge is -2.11. The van der Waals surface area contributed by atoms with Crippen LogP contribution in [0.3, 0.4) is 0 Å². The van der Waals surface area contributed by atoms with Gasteiger partial charge < -0.3 is 19.3 Å². The van der Waals surface area contributed by atoms with Crippen LogP contribution in [0.1, 0.15) is 17.4 Å². The third kappa shape index (κ3) is 2.64. The second-order valence-corrected chi connectivity index (χ2v) is 5.20. The minimum Gasteiger partial charge on any atom is -0.496 e. The molecule has 0 spiro atoms. The molecule has 6 heteroatoms. The zero-order chi connectivity index (χ0) is 14.8. The van der Waals surface area contributed by atoms with Crippen LogP contribution in [-0.4, -0.2) is 43.6 Å². The Hall–Kier alpha value is -1.92. The lowest BCUT2D eigenvalue weighted by molar-refractivity contribution is 0.185. The van der Waals surface area contributed by atoms with Crippen LogP contribution < -0.4 is 10.1 Å². The Morgan fingerprint density at radius 1 is 1.33 bits per heavy atom.